The first-order valence-electron chi connectivity index (χ1n) is 7.16. The molecular formula is C15H17ClO4S. The average molecular weight is 329 g/mol. The van der Waals surface area contributed by atoms with Crippen LogP contribution in [0.1, 0.15) is 30.4 Å². The lowest BCUT2D eigenvalue weighted by Gasteiger charge is -2.21. The number of sulfone groups is 1. The Kier molecular flexibility index (Phi) is 3.97. The zero-order valence-electron chi connectivity index (χ0n) is 11.6. The summed E-state index contributed by atoms with van der Waals surface area (Å²) in [5.41, 5.74) is 1.71. The Bertz CT molecular complexity index is 681. The molecule has 6 heteroatoms. The predicted octanol–water partition coefficient (Wildman–Crippen LogP) is 2.35. The number of ketones is 1. The maximum atomic E-state index is 12.4. The van der Waals surface area contributed by atoms with Crippen molar-refractivity contribution in [2.24, 2.45) is 0 Å². The number of fused-ring (bicyclic) bond motifs is 1. The molecule has 0 radical (unpaired) electrons. The van der Waals surface area contributed by atoms with E-state index in [9.17, 15) is 13.2 Å². The van der Waals surface area contributed by atoms with Crippen molar-refractivity contribution in [3.8, 4) is 5.75 Å². The van der Waals surface area contributed by atoms with E-state index in [0.29, 0.717) is 35.8 Å². The van der Waals surface area contributed by atoms with E-state index < -0.39 is 15.1 Å². The van der Waals surface area contributed by atoms with Crippen molar-refractivity contribution in [2.45, 2.75) is 37.4 Å². The van der Waals surface area contributed by atoms with Gasteiger partial charge in [-0.2, -0.15) is 0 Å². The highest BCUT2D eigenvalue weighted by molar-refractivity contribution is 7.92. The lowest BCUT2D eigenvalue weighted by atomic mass is 10.0. The van der Waals surface area contributed by atoms with E-state index in [1.165, 1.54) is 0 Å². The largest absolute Gasteiger partial charge is 0.493 e. The molecule has 4 nitrogen and oxygen atoms in total. The number of carbonyl (C=O) groups is 1. The van der Waals surface area contributed by atoms with Crippen LogP contribution in [0.4, 0.5) is 0 Å². The first-order chi connectivity index (χ1) is 9.97. The summed E-state index contributed by atoms with van der Waals surface area (Å²) in [5, 5.41) is -0.296. The summed E-state index contributed by atoms with van der Waals surface area (Å²) in [7, 11) is -3.29. The fraction of sp³-hybridized carbons (Fsp3) is 0.533. The normalized spacial score (nSPS) is 23.4. The molecule has 0 aliphatic carbocycles. The third-order valence-electron chi connectivity index (χ3n) is 4.13. The highest BCUT2D eigenvalue weighted by Gasteiger charge is 2.35. The summed E-state index contributed by atoms with van der Waals surface area (Å²) in [6.07, 6.45) is 2.73. The van der Waals surface area contributed by atoms with Gasteiger partial charge in [0.25, 0.3) is 0 Å². The van der Waals surface area contributed by atoms with Gasteiger partial charge in [-0.1, -0.05) is 18.0 Å². The molecule has 0 N–H and O–H groups in total. The minimum atomic E-state index is -3.29. The van der Waals surface area contributed by atoms with Crippen LogP contribution in [0.5, 0.6) is 5.75 Å². The molecule has 1 aromatic carbocycles. The van der Waals surface area contributed by atoms with Crippen LogP contribution >= 0.6 is 11.6 Å². The zero-order valence-corrected chi connectivity index (χ0v) is 13.2. The maximum Gasteiger partial charge on any atom is 0.160 e. The number of hydrogen-bond acceptors (Lipinski definition) is 4. The fourth-order valence-corrected chi connectivity index (χ4v) is 5.26. The van der Waals surface area contributed by atoms with Gasteiger partial charge in [-0.25, -0.2) is 8.42 Å². The fourth-order valence-electron chi connectivity index (χ4n) is 3.09. The number of halogens is 1. The molecule has 0 aromatic heterocycles. The highest BCUT2D eigenvalue weighted by atomic mass is 35.5. The summed E-state index contributed by atoms with van der Waals surface area (Å²) in [4.78, 5) is 12.4. The Morgan fingerprint density at radius 3 is 2.90 bits per heavy atom. The third-order valence-corrected chi connectivity index (χ3v) is 6.57. The molecule has 1 fully saturated rings. The van der Waals surface area contributed by atoms with Gasteiger partial charge < -0.3 is 4.74 Å². The molecule has 2 heterocycles. The number of ether oxygens (including phenoxy) is 1. The summed E-state index contributed by atoms with van der Waals surface area (Å²) >= 11 is 6.07. The maximum absolute atomic E-state index is 12.4. The molecule has 0 saturated carbocycles. The highest BCUT2D eigenvalue weighted by Crippen LogP contribution is 2.34. The molecule has 1 atom stereocenters. The van der Waals surface area contributed by atoms with E-state index in [-0.39, 0.29) is 18.0 Å². The molecule has 1 unspecified atom stereocenters. The topological polar surface area (TPSA) is 60.4 Å². The standard InChI is InChI=1S/C15H17ClO4S/c16-12-7-10-4-5-20-15(10)11(8-12)9-13(17)14-3-1-2-6-21(14,18)19/h7-8,14H,1-6,9H2. The van der Waals surface area contributed by atoms with Crippen molar-refractivity contribution in [1.29, 1.82) is 0 Å². The van der Waals surface area contributed by atoms with Crippen molar-refractivity contribution in [3.05, 3.63) is 28.3 Å². The van der Waals surface area contributed by atoms with E-state index in [2.05, 4.69) is 0 Å². The van der Waals surface area contributed by atoms with Crippen LogP contribution in [0.2, 0.25) is 5.02 Å². The van der Waals surface area contributed by atoms with E-state index in [1.54, 1.807) is 6.07 Å². The van der Waals surface area contributed by atoms with Crippen LogP contribution in [-0.4, -0.2) is 31.8 Å². The van der Waals surface area contributed by atoms with Gasteiger partial charge >= 0.3 is 0 Å². The summed E-state index contributed by atoms with van der Waals surface area (Å²) in [5.74, 6) is 0.587. The minimum absolute atomic E-state index is 0.0762. The molecule has 0 bridgehead atoms. The number of rotatable bonds is 3. The van der Waals surface area contributed by atoms with Crippen LogP contribution in [-0.2, 0) is 27.5 Å². The van der Waals surface area contributed by atoms with Crippen molar-refractivity contribution in [3.63, 3.8) is 0 Å². The van der Waals surface area contributed by atoms with Gasteiger partial charge in [0.05, 0.1) is 12.4 Å². The van der Waals surface area contributed by atoms with Gasteiger partial charge in [0.15, 0.2) is 15.6 Å². The van der Waals surface area contributed by atoms with Gasteiger partial charge in [0.2, 0.25) is 0 Å². The van der Waals surface area contributed by atoms with Gasteiger partial charge in [-0.15, -0.1) is 0 Å². The molecule has 1 aromatic rings. The minimum Gasteiger partial charge on any atom is -0.493 e. The SMILES string of the molecule is O=C(Cc1cc(Cl)cc2c1OCC2)C1CCCCS1(=O)=O. The van der Waals surface area contributed by atoms with E-state index in [4.69, 9.17) is 16.3 Å². The zero-order chi connectivity index (χ0) is 15.0. The number of carbonyl (C=O) groups excluding carboxylic acids is 1. The van der Waals surface area contributed by atoms with Crippen LogP contribution < -0.4 is 4.74 Å². The molecule has 21 heavy (non-hydrogen) atoms. The second kappa shape index (κ2) is 5.61. The molecule has 3 rings (SSSR count). The monoisotopic (exact) mass is 328 g/mol. The van der Waals surface area contributed by atoms with Gasteiger partial charge in [0.1, 0.15) is 11.0 Å². The van der Waals surface area contributed by atoms with Crippen LogP contribution in [0, 0.1) is 0 Å². The molecule has 2 aliphatic heterocycles. The first kappa shape index (κ1) is 14.9. The smallest absolute Gasteiger partial charge is 0.160 e. The van der Waals surface area contributed by atoms with E-state index >= 15 is 0 Å². The quantitative estimate of drug-likeness (QED) is 0.854. The Hall–Kier alpha value is -1.07. The molecule has 0 spiro atoms. The van der Waals surface area contributed by atoms with Crippen molar-refractivity contribution in [1.82, 2.24) is 0 Å². The van der Waals surface area contributed by atoms with E-state index in [0.717, 1.165) is 18.4 Å². The number of benzene rings is 1. The molecule has 2 aliphatic rings. The second-order valence-corrected chi connectivity index (χ2v) is 8.39. The summed E-state index contributed by atoms with van der Waals surface area (Å²) < 4.78 is 29.6. The van der Waals surface area contributed by atoms with Crippen LogP contribution in [0.3, 0.4) is 0 Å². The van der Waals surface area contributed by atoms with Crippen molar-refractivity contribution < 1.29 is 17.9 Å². The molecule has 0 amide bonds. The Morgan fingerprint density at radius 1 is 1.33 bits per heavy atom. The average Bonchev–Trinajstić information content (AvgIpc) is 2.86. The van der Waals surface area contributed by atoms with Gasteiger partial charge in [-0.3, -0.25) is 4.79 Å². The van der Waals surface area contributed by atoms with E-state index in [1.807, 2.05) is 6.07 Å². The van der Waals surface area contributed by atoms with Crippen LogP contribution in [0.15, 0.2) is 12.1 Å². The first-order valence-corrected chi connectivity index (χ1v) is 9.25. The van der Waals surface area contributed by atoms with Gasteiger partial charge in [0, 0.05) is 23.4 Å². The Balaban J connectivity index is 1.85. The lowest BCUT2D eigenvalue weighted by Crippen LogP contribution is -2.36. The second-order valence-electron chi connectivity index (χ2n) is 5.65. The number of hydrogen-bond donors (Lipinski definition) is 0. The Labute approximate surface area is 129 Å². The summed E-state index contributed by atoms with van der Waals surface area (Å²) in [6.45, 7) is 0.582. The van der Waals surface area contributed by atoms with Crippen molar-refractivity contribution >= 4 is 27.2 Å². The predicted molar refractivity (Wildman–Crippen MR) is 80.8 cm³/mol. The molecule has 114 valence electrons. The van der Waals surface area contributed by atoms with Crippen LogP contribution in [0.25, 0.3) is 0 Å². The molecular weight excluding hydrogens is 312 g/mol. The number of Topliss-reactive ketones (excluding diaryl/α,β-unsaturated/α-hetero) is 1. The summed E-state index contributed by atoms with van der Waals surface area (Å²) in [6, 6.07) is 3.55. The van der Waals surface area contributed by atoms with Gasteiger partial charge in [-0.05, 0) is 30.5 Å². The third kappa shape index (κ3) is 2.94. The molecule has 1 saturated heterocycles. The lowest BCUT2D eigenvalue weighted by molar-refractivity contribution is -0.118. The Morgan fingerprint density at radius 2 is 2.14 bits per heavy atom. The van der Waals surface area contributed by atoms with Crippen molar-refractivity contribution in [2.75, 3.05) is 12.4 Å².